The smallest absolute Gasteiger partial charge is 0.748 e. The van der Waals surface area contributed by atoms with Gasteiger partial charge in [0.05, 0.1) is 16.2 Å². The predicted molar refractivity (Wildman–Crippen MR) is 109 cm³/mol. The molecule has 6 heteroatoms. The van der Waals surface area contributed by atoms with E-state index in [1.807, 2.05) is 0 Å². The summed E-state index contributed by atoms with van der Waals surface area (Å²) in [5, 5.41) is 9.28. The molecule has 0 saturated heterocycles. The van der Waals surface area contributed by atoms with E-state index in [1.165, 1.54) is 38.5 Å². The third-order valence-electron chi connectivity index (χ3n) is 5.24. The first kappa shape index (κ1) is 30.7. The number of aliphatic hydroxyl groups is 1. The minimum Gasteiger partial charge on any atom is -0.748 e. The van der Waals surface area contributed by atoms with Gasteiger partial charge in [0.2, 0.25) is 0 Å². The number of hydrogen-bond donors (Lipinski definition) is 1. The Bertz CT molecular complexity index is 401. The van der Waals surface area contributed by atoms with Gasteiger partial charge in [-0.1, -0.05) is 97.3 Å². The van der Waals surface area contributed by atoms with Gasteiger partial charge in [-0.05, 0) is 25.7 Å². The zero-order chi connectivity index (χ0) is 19.7. The van der Waals surface area contributed by atoms with Crippen molar-refractivity contribution in [3.63, 3.8) is 0 Å². The molecule has 2 unspecified atom stereocenters. The summed E-state index contributed by atoms with van der Waals surface area (Å²) in [7, 11) is -4.20. The van der Waals surface area contributed by atoms with Gasteiger partial charge < -0.3 is 9.66 Å². The maximum Gasteiger partial charge on any atom is 1.00 e. The van der Waals surface area contributed by atoms with Gasteiger partial charge in [0.1, 0.15) is 0 Å². The zero-order valence-electron chi connectivity index (χ0n) is 18.3. The van der Waals surface area contributed by atoms with Crippen LogP contribution in [0, 0.1) is 0 Å². The first-order chi connectivity index (χ1) is 12.4. The van der Waals surface area contributed by atoms with Crippen LogP contribution in [0.15, 0.2) is 0 Å². The van der Waals surface area contributed by atoms with Gasteiger partial charge >= 0.3 is 51.4 Å². The van der Waals surface area contributed by atoms with Crippen LogP contribution in [0.1, 0.15) is 123 Å². The SMILES string of the molecule is CCCCCCCCC(O)CCCCC(CCCCCCC)S(=O)(=O)[O-].[K+]. The van der Waals surface area contributed by atoms with Gasteiger partial charge in [0, 0.05) is 5.25 Å². The summed E-state index contributed by atoms with van der Waals surface area (Å²) in [5.74, 6) is 0. The number of unbranched alkanes of at least 4 members (excludes halogenated alkanes) is 10. The molecular formula is C21H43KO4S. The van der Waals surface area contributed by atoms with Crippen molar-refractivity contribution in [1.29, 1.82) is 0 Å². The van der Waals surface area contributed by atoms with E-state index in [0.29, 0.717) is 19.3 Å². The molecule has 4 nitrogen and oxygen atoms in total. The topological polar surface area (TPSA) is 77.4 Å². The van der Waals surface area contributed by atoms with Crippen LogP contribution in [0.2, 0.25) is 0 Å². The van der Waals surface area contributed by atoms with Crippen LogP contribution >= 0.6 is 0 Å². The molecule has 0 heterocycles. The quantitative estimate of drug-likeness (QED) is 0.194. The van der Waals surface area contributed by atoms with E-state index in [2.05, 4.69) is 13.8 Å². The molecule has 0 aromatic rings. The summed E-state index contributed by atoms with van der Waals surface area (Å²) >= 11 is 0. The Morgan fingerprint density at radius 2 is 1.00 bits per heavy atom. The molecule has 0 amide bonds. The van der Waals surface area contributed by atoms with Crippen LogP contribution in [0.25, 0.3) is 0 Å². The van der Waals surface area contributed by atoms with Crippen molar-refractivity contribution in [3.8, 4) is 0 Å². The van der Waals surface area contributed by atoms with Crippen LogP contribution in [-0.2, 0) is 10.1 Å². The molecular weight excluding hydrogens is 387 g/mol. The fourth-order valence-corrected chi connectivity index (χ4v) is 4.38. The van der Waals surface area contributed by atoms with E-state index in [4.69, 9.17) is 0 Å². The molecule has 0 radical (unpaired) electrons. The maximum absolute atomic E-state index is 11.4. The number of hydrogen-bond acceptors (Lipinski definition) is 4. The third kappa shape index (κ3) is 20.6. The van der Waals surface area contributed by atoms with E-state index < -0.39 is 15.4 Å². The van der Waals surface area contributed by atoms with Crippen molar-refractivity contribution >= 4 is 10.1 Å². The summed E-state index contributed by atoms with van der Waals surface area (Å²) in [6.07, 6.45) is 16.4. The predicted octanol–water partition coefficient (Wildman–Crippen LogP) is 2.94. The molecule has 0 fully saturated rings. The van der Waals surface area contributed by atoms with Gasteiger partial charge in [-0.3, -0.25) is 0 Å². The van der Waals surface area contributed by atoms with Gasteiger partial charge in [-0.25, -0.2) is 8.42 Å². The fourth-order valence-electron chi connectivity index (χ4n) is 3.47. The summed E-state index contributed by atoms with van der Waals surface area (Å²) < 4.78 is 34.3. The van der Waals surface area contributed by atoms with Crippen molar-refractivity contribution in [3.05, 3.63) is 0 Å². The van der Waals surface area contributed by atoms with Gasteiger partial charge in [-0.15, -0.1) is 0 Å². The van der Waals surface area contributed by atoms with E-state index in [0.717, 1.165) is 51.4 Å². The summed E-state index contributed by atoms with van der Waals surface area (Å²) in [6.45, 7) is 4.35. The van der Waals surface area contributed by atoms with Crippen molar-refractivity contribution in [2.45, 2.75) is 134 Å². The molecule has 0 aliphatic carbocycles. The molecule has 0 aliphatic heterocycles. The maximum atomic E-state index is 11.4. The van der Waals surface area contributed by atoms with Crippen molar-refractivity contribution in [2.24, 2.45) is 0 Å². The molecule has 0 bridgehead atoms. The molecule has 0 rings (SSSR count). The van der Waals surface area contributed by atoms with Crippen LogP contribution < -0.4 is 51.4 Å². The normalized spacial score (nSPS) is 13.9. The summed E-state index contributed by atoms with van der Waals surface area (Å²) in [5.41, 5.74) is 0. The molecule has 0 saturated carbocycles. The van der Waals surface area contributed by atoms with Crippen LogP contribution in [-0.4, -0.2) is 29.4 Å². The Hall–Kier alpha value is 1.51. The monoisotopic (exact) mass is 430 g/mol. The van der Waals surface area contributed by atoms with Gasteiger partial charge in [0.15, 0.2) is 0 Å². The van der Waals surface area contributed by atoms with E-state index in [-0.39, 0.29) is 57.5 Å². The van der Waals surface area contributed by atoms with Crippen molar-refractivity contribution in [1.82, 2.24) is 0 Å². The second-order valence-corrected chi connectivity index (χ2v) is 9.46. The molecule has 0 aromatic carbocycles. The Labute approximate surface area is 211 Å². The molecule has 0 spiro atoms. The minimum absolute atomic E-state index is 0. The summed E-state index contributed by atoms with van der Waals surface area (Å²) in [4.78, 5) is 0. The third-order valence-corrected chi connectivity index (χ3v) is 6.53. The Kier molecular flexibility index (Phi) is 23.6. The molecule has 0 aliphatic rings. The Balaban J connectivity index is 0. The second kappa shape index (κ2) is 20.8. The largest absolute Gasteiger partial charge is 1.00 e. The van der Waals surface area contributed by atoms with E-state index in [1.54, 1.807) is 0 Å². The van der Waals surface area contributed by atoms with Crippen LogP contribution in [0.4, 0.5) is 0 Å². The van der Waals surface area contributed by atoms with E-state index in [9.17, 15) is 18.1 Å². The van der Waals surface area contributed by atoms with Gasteiger partial charge in [0.25, 0.3) is 0 Å². The standard InChI is InChI=1S/C21H44O4S.K/c1-3-5-7-9-11-12-16-20(22)17-14-15-19-21(26(23,24)25)18-13-10-8-6-4-2;/h20-22H,3-19H2,1-2H3,(H,23,24,25);/q;+1/p-1. The minimum atomic E-state index is -4.20. The molecule has 1 N–H and O–H groups in total. The van der Waals surface area contributed by atoms with Crippen LogP contribution in [0.5, 0.6) is 0 Å². The molecule has 27 heavy (non-hydrogen) atoms. The number of aliphatic hydroxyl groups excluding tert-OH is 1. The van der Waals surface area contributed by atoms with E-state index >= 15 is 0 Å². The summed E-state index contributed by atoms with van der Waals surface area (Å²) in [6, 6.07) is 0. The fraction of sp³-hybridized carbons (Fsp3) is 1.00. The zero-order valence-corrected chi connectivity index (χ0v) is 22.2. The van der Waals surface area contributed by atoms with Gasteiger partial charge in [-0.2, -0.15) is 0 Å². The molecule has 158 valence electrons. The molecule has 2 atom stereocenters. The average molecular weight is 431 g/mol. The number of rotatable bonds is 19. The Morgan fingerprint density at radius 3 is 1.44 bits per heavy atom. The molecule has 0 aromatic heterocycles. The second-order valence-electron chi connectivity index (χ2n) is 7.81. The van der Waals surface area contributed by atoms with Crippen molar-refractivity contribution < 1.29 is 69.5 Å². The van der Waals surface area contributed by atoms with Crippen LogP contribution in [0.3, 0.4) is 0 Å². The Morgan fingerprint density at radius 1 is 0.667 bits per heavy atom. The first-order valence-electron chi connectivity index (χ1n) is 11.0. The van der Waals surface area contributed by atoms with Crippen molar-refractivity contribution in [2.75, 3.05) is 0 Å². The first-order valence-corrected chi connectivity index (χ1v) is 12.5. The average Bonchev–Trinajstić information content (AvgIpc) is 2.58.